The van der Waals surface area contributed by atoms with E-state index >= 15 is 0 Å². The Bertz CT molecular complexity index is 593. The number of esters is 1. The van der Waals surface area contributed by atoms with E-state index in [1.165, 1.54) is 31.4 Å². The van der Waals surface area contributed by atoms with Crippen LogP contribution in [0.25, 0.3) is 0 Å². The Morgan fingerprint density at radius 3 is 2.43 bits per heavy atom. The molecule has 1 aromatic rings. The van der Waals surface area contributed by atoms with Crippen LogP contribution in [-0.2, 0) is 9.53 Å². The summed E-state index contributed by atoms with van der Waals surface area (Å²) in [5.74, 6) is -0.972. The molecule has 0 radical (unpaired) electrons. The zero-order chi connectivity index (χ0) is 15.6. The predicted molar refractivity (Wildman–Crippen MR) is 74.7 cm³/mol. The highest BCUT2D eigenvalue weighted by atomic mass is 19.1. The van der Waals surface area contributed by atoms with Crippen molar-refractivity contribution in [2.45, 2.75) is 19.9 Å². The van der Waals surface area contributed by atoms with E-state index < -0.39 is 18.0 Å². The summed E-state index contributed by atoms with van der Waals surface area (Å²) in [7, 11) is 1.28. The smallest absolute Gasteiger partial charge is 0.337 e. The van der Waals surface area contributed by atoms with Gasteiger partial charge in [-0.3, -0.25) is 0 Å². The number of ether oxygens (including phenoxy) is 1. The number of amides is 2. The molecule has 1 heterocycles. The van der Waals surface area contributed by atoms with Crippen molar-refractivity contribution < 1.29 is 18.7 Å². The van der Waals surface area contributed by atoms with Gasteiger partial charge >= 0.3 is 12.0 Å². The molecule has 0 spiro atoms. The molecular weight excluding hydrogens is 275 g/mol. The molecule has 2 rings (SSSR count). The second-order valence-corrected chi connectivity index (χ2v) is 5.06. The fourth-order valence-electron chi connectivity index (χ4n) is 2.28. The largest absolute Gasteiger partial charge is 0.466 e. The van der Waals surface area contributed by atoms with E-state index in [9.17, 15) is 14.0 Å². The maximum atomic E-state index is 13.1. The van der Waals surface area contributed by atoms with Gasteiger partial charge in [0.25, 0.3) is 0 Å². The van der Waals surface area contributed by atoms with E-state index in [1.54, 1.807) is 0 Å². The normalized spacial score (nSPS) is 18.3. The number of urea groups is 1. The number of rotatable bonds is 3. The number of carbonyl (C=O) groups excluding carboxylic acids is 2. The average Bonchev–Trinajstić information content (AvgIpc) is 2.46. The molecule has 0 fully saturated rings. The third kappa shape index (κ3) is 3.04. The molecule has 0 aliphatic carbocycles. The Morgan fingerprint density at radius 2 is 1.90 bits per heavy atom. The topological polar surface area (TPSA) is 67.4 Å². The van der Waals surface area contributed by atoms with E-state index in [0.717, 1.165) is 0 Å². The summed E-state index contributed by atoms with van der Waals surface area (Å²) >= 11 is 0. The zero-order valence-electron chi connectivity index (χ0n) is 12.1. The van der Waals surface area contributed by atoms with Crippen molar-refractivity contribution in [1.29, 1.82) is 0 Å². The lowest BCUT2D eigenvalue weighted by Gasteiger charge is -2.30. The Morgan fingerprint density at radius 1 is 1.29 bits per heavy atom. The molecule has 1 aromatic carbocycles. The molecule has 1 aliphatic rings. The predicted octanol–water partition coefficient (Wildman–Crippen LogP) is 2.26. The molecule has 2 amide bonds. The number of methoxy groups -OCH3 is 1. The van der Waals surface area contributed by atoms with Crippen LogP contribution in [0.2, 0.25) is 0 Å². The first-order chi connectivity index (χ1) is 9.93. The third-order valence-corrected chi connectivity index (χ3v) is 3.29. The summed E-state index contributed by atoms with van der Waals surface area (Å²) in [6.45, 7) is 3.73. The van der Waals surface area contributed by atoms with E-state index in [0.29, 0.717) is 16.8 Å². The van der Waals surface area contributed by atoms with Gasteiger partial charge in [0.05, 0.1) is 18.7 Å². The molecule has 1 atom stereocenters. The van der Waals surface area contributed by atoms with Gasteiger partial charge in [-0.25, -0.2) is 14.0 Å². The second-order valence-electron chi connectivity index (χ2n) is 5.06. The lowest BCUT2D eigenvalue weighted by Crippen LogP contribution is -2.47. The average molecular weight is 292 g/mol. The van der Waals surface area contributed by atoms with Crippen molar-refractivity contribution in [3.05, 3.63) is 46.9 Å². The number of nitrogens with one attached hydrogen (secondary N) is 2. The summed E-state index contributed by atoms with van der Waals surface area (Å²) in [6.07, 6.45) is 0. The van der Waals surface area contributed by atoms with Crippen molar-refractivity contribution in [3.63, 3.8) is 0 Å². The molecule has 1 unspecified atom stereocenters. The standard InChI is InChI=1S/C15H17FN2O3/c1-8(2)12-11(14(19)21-3)13(18-15(20)17-12)9-4-6-10(16)7-5-9/h4-8,13H,1-3H3,(H2,17,18,20). The van der Waals surface area contributed by atoms with Gasteiger partial charge in [-0.05, 0) is 23.6 Å². The van der Waals surface area contributed by atoms with Crippen LogP contribution in [0.1, 0.15) is 25.5 Å². The van der Waals surface area contributed by atoms with E-state index in [4.69, 9.17) is 4.74 Å². The van der Waals surface area contributed by atoms with Gasteiger partial charge in [-0.15, -0.1) is 0 Å². The van der Waals surface area contributed by atoms with Crippen molar-refractivity contribution in [2.75, 3.05) is 7.11 Å². The van der Waals surface area contributed by atoms with E-state index in [1.807, 2.05) is 13.8 Å². The maximum Gasteiger partial charge on any atom is 0.337 e. The number of hydrogen-bond acceptors (Lipinski definition) is 3. The quantitative estimate of drug-likeness (QED) is 0.840. The minimum atomic E-state index is -0.663. The van der Waals surface area contributed by atoms with E-state index in [-0.39, 0.29) is 11.7 Å². The molecule has 6 heteroatoms. The van der Waals surface area contributed by atoms with E-state index in [2.05, 4.69) is 10.6 Å². The highest BCUT2D eigenvalue weighted by Gasteiger charge is 2.34. The van der Waals surface area contributed by atoms with Crippen molar-refractivity contribution in [2.24, 2.45) is 5.92 Å². The first kappa shape index (κ1) is 15.0. The molecule has 0 saturated carbocycles. The fraction of sp³-hybridized carbons (Fsp3) is 0.333. The minimum absolute atomic E-state index is 0.0619. The summed E-state index contributed by atoms with van der Waals surface area (Å²) in [5, 5.41) is 5.32. The zero-order valence-corrected chi connectivity index (χ0v) is 12.1. The Balaban J connectivity index is 2.54. The van der Waals surface area contributed by atoms with Crippen LogP contribution in [0.15, 0.2) is 35.5 Å². The SMILES string of the molecule is COC(=O)C1=C(C(C)C)NC(=O)NC1c1ccc(F)cc1. The van der Waals surface area contributed by atoms with Crippen LogP contribution in [0, 0.1) is 11.7 Å². The number of hydrogen-bond donors (Lipinski definition) is 2. The minimum Gasteiger partial charge on any atom is -0.466 e. The van der Waals surface area contributed by atoms with Crippen molar-refractivity contribution >= 4 is 12.0 Å². The Kier molecular flexibility index (Phi) is 4.26. The molecule has 112 valence electrons. The van der Waals surface area contributed by atoms with Crippen molar-refractivity contribution in [1.82, 2.24) is 10.6 Å². The summed E-state index contributed by atoms with van der Waals surface area (Å²) in [5.41, 5.74) is 1.46. The summed E-state index contributed by atoms with van der Waals surface area (Å²) in [4.78, 5) is 23.9. The Hall–Kier alpha value is -2.37. The molecular formula is C15H17FN2O3. The van der Waals surface area contributed by atoms with Gasteiger partial charge in [-0.1, -0.05) is 26.0 Å². The van der Waals surface area contributed by atoms with Crippen LogP contribution in [0.3, 0.4) is 0 Å². The van der Waals surface area contributed by atoms with Gasteiger partial charge in [-0.2, -0.15) is 0 Å². The highest BCUT2D eigenvalue weighted by molar-refractivity contribution is 5.95. The van der Waals surface area contributed by atoms with Crippen molar-refractivity contribution in [3.8, 4) is 0 Å². The highest BCUT2D eigenvalue weighted by Crippen LogP contribution is 2.30. The Labute approximate surface area is 122 Å². The van der Waals surface area contributed by atoms with Gasteiger partial charge in [0.15, 0.2) is 0 Å². The number of halogens is 1. The molecule has 1 aliphatic heterocycles. The van der Waals surface area contributed by atoms with Gasteiger partial charge in [0.2, 0.25) is 0 Å². The van der Waals surface area contributed by atoms with Gasteiger partial charge in [0, 0.05) is 5.70 Å². The first-order valence-electron chi connectivity index (χ1n) is 6.59. The molecule has 5 nitrogen and oxygen atoms in total. The monoisotopic (exact) mass is 292 g/mol. The van der Waals surface area contributed by atoms with Crippen LogP contribution in [0.5, 0.6) is 0 Å². The molecule has 0 aromatic heterocycles. The number of benzene rings is 1. The van der Waals surface area contributed by atoms with Crippen LogP contribution in [-0.4, -0.2) is 19.1 Å². The molecule has 0 saturated heterocycles. The second kappa shape index (κ2) is 5.95. The van der Waals surface area contributed by atoms with Crippen LogP contribution >= 0.6 is 0 Å². The molecule has 2 N–H and O–H groups in total. The molecule has 21 heavy (non-hydrogen) atoms. The van der Waals surface area contributed by atoms with Gasteiger partial charge < -0.3 is 15.4 Å². The fourth-order valence-corrected chi connectivity index (χ4v) is 2.28. The summed E-state index contributed by atoms with van der Waals surface area (Å²) < 4.78 is 17.9. The lowest BCUT2D eigenvalue weighted by atomic mass is 9.91. The summed E-state index contributed by atoms with van der Waals surface area (Å²) in [6, 6.07) is 4.57. The van der Waals surface area contributed by atoms with Gasteiger partial charge in [0.1, 0.15) is 5.82 Å². The lowest BCUT2D eigenvalue weighted by molar-refractivity contribution is -0.136. The van der Waals surface area contributed by atoms with Crippen LogP contribution < -0.4 is 10.6 Å². The molecule has 0 bridgehead atoms. The third-order valence-electron chi connectivity index (χ3n) is 3.29. The number of carbonyl (C=O) groups is 2. The van der Waals surface area contributed by atoms with Crippen LogP contribution in [0.4, 0.5) is 9.18 Å². The first-order valence-corrected chi connectivity index (χ1v) is 6.59. The number of allylic oxidation sites excluding steroid dienone is 1. The maximum absolute atomic E-state index is 13.1.